The number of halogens is 3. The Balaban J connectivity index is 1.44. The molecule has 0 spiro atoms. The minimum Gasteiger partial charge on any atom is -0.371 e. The van der Waals surface area contributed by atoms with Crippen LogP contribution in [0.3, 0.4) is 0 Å². The van der Waals surface area contributed by atoms with Crippen LogP contribution in [0.4, 0.5) is 18.9 Å². The highest BCUT2D eigenvalue weighted by Gasteiger charge is 2.29. The first-order valence-corrected chi connectivity index (χ1v) is 9.36. The van der Waals surface area contributed by atoms with Crippen molar-refractivity contribution in [2.24, 2.45) is 10.9 Å². The van der Waals surface area contributed by atoms with Crippen molar-refractivity contribution in [3.05, 3.63) is 65.7 Å². The lowest BCUT2D eigenvalue weighted by atomic mass is 10.1. The van der Waals surface area contributed by atoms with Gasteiger partial charge in [0.15, 0.2) is 5.96 Å². The summed E-state index contributed by atoms with van der Waals surface area (Å²) in [7, 11) is 1.69. The molecule has 150 valence electrons. The molecule has 1 heterocycles. The van der Waals surface area contributed by atoms with E-state index in [1.54, 1.807) is 7.05 Å². The molecule has 1 aliphatic rings. The van der Waals surface area contributed by atoms with Gasteiger partial charge in [-0.2, -0.15) is 13.2 Å². The summed E-state index contributed by atoms with van der Waals surface area (Å²) in [6, 6.07) is 15.5. The molecule has 7 heteroatoms. The third-order valence-electron chi connectivity index (χ3n) is 4.93. The zero-order valence-corrected chi connectivity index (χ0v) is 15.8. The van der Waals surface area contributed by atoms with Crippen LogP contribution in [0.5, 0.6) is 0 Å². The quantitative estimate of drug-likeness (QED) is 0.601. The van der Waals surface area contributed by atoms with Gasteiger partial charge in [-0.1, -0.05) is 30.3 Å². The molecule has 2 aromatic rings. The second-order valence-electron chi connectivity index (χ2n) is 6.94. The molecule has 1 fully saturated rings. The average molecular weight is 390 g/mol. The summed E-state index contributed by atoms with van der Waals surface area (Å²) >= 11 is 0. The normalized spacial score (nSPS) is 17.6. The van der Waals surface area contributed by atoms with Crippen molar-refractivity contribution >= 4 is 11.6 Å². The van der Waals surface area contributed by atoms with E-state index in [4.69, 9.17) is 0 Å². The molecule has 0 aliphatic carbocycles. The number of benzene rings is 2. The van der Waals surface area contributed by atoms with Gasteiger partial charge < -0.3 is 15.5 Å². The molecular weight excluding hydrogens is 365 g/mol. The van der Waals surface area contributed by atoms with Gasteiger partial charge in [0.1, 0.15) is 0 Å². The monoisotopic (exact) mass is 390 g/mol. The number of aliphatic imine (C=N–C) groups is 1. The molecule has 0 saturated carbocycles. The predicted molar refractivity (Wildman–Crippen MR) is 106 cm³/mol. The number of anilines is 1. The number of nitrogens with one attached hydrogen (secondary N) is 2. The molecule has 0 bridgehead atoms. The van der Waals surface area contributed by atoms with Gasteiger partial charge in [0, 0.05) is 38.9 Å². The summed E-state index contributed by atoms with van der Waals surface area (Å²) in [5, 5.41) is 6.48. The molecular formula is C21H25F3N4. The van der Waals surface area contributed by atoms with E-state index in [0.29, 0.717) is 18.4 Å². The van der Waals surface area contributed by atoms with Crippen LogP contribution in [0.2, 0.25) is 0 Å². The fourth-order valence-corrected chi connectivity index (χ4v) is 3.33. The second-order valence-corrected chi connectivity index (χ2v) is 6.94. The van der Waals surface area contributed by atoms with E-state index < -0.39 is 11.7 Å². The average Bonchev–Trinajstić information content (AvgIpc) is 3.17. The zero-order valence-electron chi connectivity index (χ0n) is 15.8. The van der Waals surface area contributed by atoms with E-state index in [-0.39, 0.29) is 0 Å². The lowest BCUT2D eigenvalue weighted by Crippen LogP contribution is -2.39. The van der Waals surface area contributed by atoms with Crippen molar-refractivity contribution in [1.29, 1.82) is 0 Å². The van der Waals surface area contributed by atoms with E-state index >= 15 is 0 Å². The van der Waals surface area contributed by atoms with Crippen LogP contribution in [-0.2, 0) is 12.7 Å². The predicted octanol–water partition coefficient (Wildman–Crippen LogP) is 3.90. The summed E-state index contributed by atoms with van der Waals surface area (Å²) in [5.41, 5.74) is 1.38. The highest BCUT2D eigenvalue weighted by atomic mass is 19.4. The number of rotatable bonds is 5. The Morgan fingerprint density at radius 2 is 1.79 bits per heavy atom. The van der Waals surface area contributed by atoms with E-state index in [2.05, 4.69) is 32.7 Å². The fraction of sp³-hybridized carbons (Fsp3) is 0.381. The highest BCUT2D eigenvalue weighted by molar-refractivity contribution is 5.79. The smallest absolute Gasteiger partial charge is 0.371 e. The van der Waals surface area contributed by atoms with Gasteiger partial charge in [-0.05, 0) is 42.2 Å². The topological polar surface area (TPSA) is 39.7 Å². The Bertz CT molecular complexity index is 772. The lowest BCUT2D eigenvalue weighted by molar-refractivity contribution is -0.137. The highest BCUT2D eigenvalue weighted by Crippen LogP contribution is 2.29. The van der Waals surface area contributed by atoms with E-state index in [9.17, 15) is 13.2 Å². The number of alkyl halides is 3. The van der Waals surface area contributed by atoms with Gasteiger partial charge in [0.25, 0.3) is 0 Å². The first-order valence-electron chi connectivity index (χ1n) is 9.36. The van der Waals surface area contributed by atoms with Crippen LogP contribution < -0.4 is 15.5 Å². The zero-order chi connectivity index (χ0) is 20.0. The molecule has 2 aromatic carbocycles. The SMILES string of the molecule is CN=C(NCc1ccc(C(F)(F)F)cc1)NCC1CCN(c2ccccc2)C1. The Kier molecular flexibility index (Phi) is 6.44. The largest absolute Gasteiger partial charge is 0.416 e. The summed E-state index contributed by atoms with van der Waals surface area (Å²) in [4.78, 5) is 6.58. The van der Waals surface area contributed by atoms with Crippen LogP contribution in [0.1, 0.15) is 17.5 Å². The molecule has 4 nitrogen and oxygen atoms in total. The van der Waals surface area contributed by atoms with Crippen molar-refractivity contribution in [1.82, 2.24) is 10.6 Å². The number of para-hydroxylation sites is 1. The van der Waals surface area contributed by atoms with Gasteiger partial charge in [0.05, 0.1) is 5.56 Å². The molecule has 1 aliphatic heterocycles. The van der Waals surface area contributed by atoms with Gasteiger partial charge in [-0.15, -0.1) is 0 Å². The molecule has 1 unspecified atom stereocenters. The van der Waals surface area contributed by atoms with Gasteiger partial charge in [-0.25, -0.2) is 0 Å². The van der Waals surface area contributed by atoms with Crippen LogP contribution >= 0.6 is 0 Å². The Hall–Kier alpha value is -2.70. The standard InChI is InChI=1S/C21H25F3N4/c1-25-20(26-13-16-7-9-18(10-8-16)21(22,23)24)27-14-17-11-12-28(15-17)19-5-3-2-4-6-19/h2-10,17H,11-15H2,1H3,(H2,25,26,27). The van der Waals surface area contributed by atoms with E-state index in [1.165, 1.54) is 17.8 Å². The maximum atomic E-state index is 12.6. The number of nitrogens with zero attached hydrogens (tertiary/aromatic N) is 2. The van der Waals surface area contributed by atoms with Gasteiger partial charge in [-0.3, -0.25) is 4.99 Å². The summed E-state index contributed by atoms with van der Waals surface area (Å²) in [6.07, 6.45) is -3.20. The Morgan fingerprint density at radius 1 is 1.07 bits per heavy atom. The van der Waals surface area contributed by atoms with Crippen LogP contribution in [0.15, 0.2) is 59.6 Å². The van der Waals surface area contributed by atoms with Gasteiger partial charge in [0.2, 0.25) is 0 Å². The number of hydrogen-bond acceptors (Lipinski definition) is 2. The number of hydrogen-bond donors (Lipinski definition) is 2. The van der Waals surface area contributed by atoms with Crippen molar-refractivity contribution in [2.45, 2.75) is 19.1 Å². The molecule has 0 amide bonds. The molecule has 28 heavy (non-hydrogen) atoms. The number of guanidine groups is 1. The Labute approximate surface area is 163 Å². The summed E-state index contributed by atoms with van der Waals surface area (Å²) in [6.45, 7) is 3.25. The molecule has 2 N–H and O–H groups in total. The Morgan fingerprint density at radius 3 is 2.43 bits per heavy atom. The van der Waals surface area contributed by atoms with Crippen LogP contribution in [0.25, 0.3) is 0 Å². The minimum atomic E-state index is -4.31. The molecule has 0 radical (unpaired) electrons. The van der Waals surface area contributed by atoms with Crippen molar-refractivity contribution < 1.29 is 13.2 Å². The fourth-order valence-electron chi connectivity index (χ4n) is 3.33. The third-order valence-corrected chi connectivity index (χ3v) is 4.93. The summed E-state index contributed by atoms with van der Waals surface area (Å²) in [5.74, 6) is 1.17. The van der Waals surface area contributed by atoms with Crippen molar-refractivity contribution in [3.8, 4) is 0 Å². The molecule has 0 aromatic heterocycles. The van der Waals surface area contributed by atoms with E-state index in [1.807, 2.05) is 18.2 Å². The summed E-state index contributed by atoms with van der Waals surface area (Å²) < 4.78 is 37.9. The maximum Gasteiger partial charge on any atom is 0.416 e. The molecule has 1 saturated heterocycles. The molecule has 3 rings (SSSR count). The van der Waals surface area contributed by atoms with Crippen LogP contribution in [0, 0.1) is 5.92 Å². The maximum absolute atomic E-state index is 12.6. The molecule has 1 atom stereocenters. The van der Waals surface area contributed by atoms with Gasteiger partial charge >= 0.3 is 6.18 Å². The lowest BCUT2D eigenvalue weighted by Gasteiger charge is -2.19. The second kappa shape index (κ2) is 8.99. The first kappa shape index (κ1) is 20.0. The van der Waals surface area contributed by atoms with E-state index in [0.717, 1.165) is 43.8 Å². The first-order chi connectivity index (χ1) is 13.5. The van der Waals surface area contributed by atoms with Crippen LogP contribution in [-0.4, -0.2) is 32.6 Å². The van der Waals surface area contributed by atoms with Crippen molar-refractivity contribution in [3.63, 3.8) is 0 Å². The third kappa shape index (κ3) is 5.41. The van der Waals surface area contributed by atoms with Crippen molar-refractivity contribution in [2.75, 3.05) is 31.6 Å². The minimum absolute atomic E-state index is 0.415.